The van der Waals surface area contributed by atoms with Crippen molar-refractivity contribution in [3.63, 3.8) is 0 Å². The second-order valence-corrected chi connectivity index (χ2v) is 4.10. The highest BCUT2D eigenvalue weighted by Crippen LogP contribution is 2.18. The summed E-state index contributed by atoms with van der Waals surface area (Å²) in [6.07, 6.45) is 0. The maximum absolute atomic E-state index is 11.3. The number of pyridine rings is 1. The van der Waals surface area contributed by atoms with E-state index in [9.17, 15) is 14.7 Å². The largest absolute Gasteiger partial charge is 0.479 e. The van der Waals surface area contributed by atoms with Crippen molar-refractivity contribution in [2.45, 2.75) is 6.04 Å². The standard InChI is InChI=1S/C14H13N3O3/c15-13(18)10-7-4-8-11(16-10)17-12(14(19)20)9-5-2-1-3-6-9/h1-8,12H,(H2,15,18)(H,16,17)(H,19,20). The van der Waals surface area contributed by atoms with Gasteiger partial charge in [-0.05, 0) is 17.7 Å². The molecule has 1 heterocycles. The van der Waals surface area contributed by atoms with E-state index in [-0.39, 0.29) is 11.5 Å². The number of nitrogens with one attached hydrogen (secondary N) is 1. The van der Waals surface area contributed by atoms with Crippen molar-refractivity contribution in [3.8, 4) is 0 Å². The van der Waals surface area contributed by atoms with E-state index in [1.807, 2.05) is 0 Å². The van der Waals surface area contributed by atoms with Crippen LogP contribution in [0.1, 0.15) is 22.1 Å². The molecule has 0 aliphatic heterocycles. The molecule has 1 unspecified atom stereocenters. The number of amides is 1. The predicted molar refractivity (Wildman–Crippen MR) is 73.2 cm³/mol. The van der Waals surface area contributed by atoms with E-state index >= 15 is 0 Å². The number of primary amides is 1. The average Bonchev–Trinajstić information content (AvgIpc) is 2.45. The molecule has 102 valence electrons. The Hall–Kier alpha value is -2.89. The number of nitrogens with zero attached hydrogens (tertiary/aromatic N) is 1. The van der Waals surface area contributed by atoms with Crippen LogP contribution < -0.4 is 11.1 Å². The Morgan fingerprint density at radius 1 is 1.10 bits per heavy atom. The number of benzene rings is 1. The average molecular weight is 271 g/mol. The van der Waals surface area contributed by atoms with Gasteiger partial charge in [-0.1, -0.05) is 36.4 Å². The van der Waals surface area contributed by atoms with Crippen molar-refractivity contribution >= 4 is 17.7 Å². The van der Waals surface area contributed by atoms with Crippen LogP contribution >= 0.6 is 0 Å². The molecule has 0 saturated carbocycles. The van der Waals surface area contributed by atoms with Gasteiger partial charge in [-0.3, -0.25) is 4.79 Å². The van der Waals surface area contributed by atoms with Gasteiger partial charge in [0.15, 0.2) is 6.04 Å². The van der Waals surface area contributed by atoms with Gasteiger partial charge < -0.3 is 16.2 Å². The smallest absolute Gasteiger partial charge is 0.330 e. The van der Waals surface area contributed by atoms with E-state index in [4.69, 9.17) is 5.73 Å². The van der Waals surface area contributed by atoms with Gasteiger partial charge in [0.2, 0.25) is 0 Å². The summed E-state index contributed by atoms with van der Waals surface area (Å²) in [7, 11) is 0. The number of nitrogens with two attached hydrogens (primary N) is 1. The minimum atomic E-state index is -1.04. The highest BCUT2D eigenvalue weighted by atomic mass is 16.4. The van der Waals surface area contributed by atoms with Gasteiger partial charge in [-0.25, -0.2) is 9.78 Å². The molecule has 0 radical (unpaired) electrons. The molecule has 4 N–H and O–H groups in total. The molecule has 1 atom stereocenters. The van der Waals surface area contributed by atoms with Gasteiger partial charge in [0.25, 0.3) is 5.91 Å². The number of carbonyl (C=O) groups is 2. The number of hydrogen-bond acceptors (Lipinski definition) is 4. The summed E-state index contributed by atoms with van der Waals surface area (Å²) < 4.78 is 0. The fourth-order valence-corrected chi connectivity index (χ4v) is 1.73. The van der Waals surface area contributed by atoms with Crippen LogP contribution in [0.3, 0.4) is 0 Å². The zero-order valence-corrected chi connectivity index (χ0v) is 10.5. The molecule has 6 nitrogen and oxygen atoms in total. The summed E-state index contributed by atoms with van der Waals surface area (Å²) in [6.45, 7) is 0. The second kappa shape index (κ2) is 5.83. The van der Waals surface area contributed by atoms with Gasteiger partial charge in [0, 0.05) is 0 Å². The van der Waals surface area contributed by atoms with Gasteiger partial charge in [0.1, 0.15) is 11.5 Å². The summed E-state index contributed by atoms with van der Waals surface area (Å²) in [5, 5.41) is 12.1. The number of carboxylic acid groups (broad SMARTS) is 1. The van der Waals surface area contributed by atoms with E-state index in [0.29, 0.717) is 5.56 Å². The second-order valence-electron chi connectivity index (χ2n) is 4.10. The highest BCUT2D eigenvalue weighted by molar-refractivity contribution is 5.91. The summed E-state index contributed by atoms with van der Waals surface area (Å²) in [4.78, 5) is 26.4. The van der Waals surface area contributed by atoms with E-state index in [1.165, 1.54) is 6.07 Å². The van der Waals surface area contributed by atoms with E-state index in [2.05, 4.69) is 10.3 Å². The van der Waals surface area contributed by atoms with Crippen LogP contribution in [0.4, 0.5) is 5.82 Å². The summed E-state index contributed by atoms with van der Waals surface area (Å²) in [6, 6.07) is 12.4. The van der Waals surface area contributed by atoms with Gasteiger partial charge in [-0.2, -0.15) is 0 Å². The molecule has 0 saturated heterocycles. The minimum Gasteiger partial charge on any atom is -0.479 e. The third-order valence-electron chi connectivity index (χ3n) is 2.67. The number of aliphatic carboxylic acids is 1. The number of anilines is 1. The molecule has 0 fully saturated rings. The maximum Gasteiger partial charge on any atom is 0.330 e. The first-order chi connectivity index (χ1) is 9.58. The van der Waals surface area contributed by atoms with Crippen LogP contribution in [0.15, 0.2) is 48.5 Å². The first kappa shape index (κ1) is 13.5. The lowest BCUT2D eigenvalue weighted by Crippen LogP contribution is -2.22. The van der Waals surface area contributed by atoms with Gasteiger partial charge in [-0.15, -0.1) is 0 Å². The van der Waals surface area contributed by atoms with Crippen molar-refractivity contribution in [1.29, 1.82) is 0 Å². The third kappa shape index (κ3) is 3.11. The van der Waals surface area contributed by atoms with Crippen LogP contribution in [0.2, 0.25) is 0 Å². The Morgan fingerprint density at radius 2 is 1.80 bits per heavy atom. The third-order valence-corrected chi connectivity index (χ3v) is 2.67. The monoisotopic (exact) mass is 271 g/mol. The highest BCUT2D eigenvalue weighted by Gasteiger charge is 2.20. The van der Waals surface area contributed by atoms with Crippen molar-refractivity contribution < 1.29 is 14.7 Å². The van der Waals surface area contributed by atoms with Crippen molar-refractivity contribution in [3.05, 3.63) is 59.8 Å². The molecule has 0 bridgehead atoms. The maximum atomic E-state index is 11.3. The molecule has 0 spiro atoms. The zero-order valence-electron chi connectivity index (χ0n) is 10.5. The molecule has 1 aromatic carbocycles. The van der Waals surface area contributed by atoms with Crippen molar-refractivity contribution in [2.75, 3.05) is 5.32 Å². The SMILES string of the molecule is NC(=O)c1cccc(NC(C(=O)O)c2ccccc2)n1. The molecule has 6 heteroatoms. The molecule has 2 rings (SSSR count). The molecule has 2 aromatic rings. The molecular formula is C14H13N3O3. The van der Waals surface area contributed by atoms with Crippen molar-refractivity contribution in [2.24, 2.45) is 5.73 Å². The summed E-state index contributed by atoms with van der Waals surface area (Å²) in [5.74, 6) is -1.43. The summed E-state index contributed by atoms with van der Waals surface area (Å²) >= 11 is 0. The Bertz CT molecular complexity index is 629. The summed E-state index contributed by atoms with van der Waals surface area (Å²) in [5.41, 5.74) is 5.80. The molecule has 0 aliphatic carbocycles. The number of aromatic nitrogens is 1. The van der Waals surface area contributed by atoms with Crippen LogP contribution in [-0.4, -0.2) is 22.0 Å². The van der Waals surface area contributed by atoms with Gasteiger partial charge >= 0.3 is 5.97 Å². The Kier molecular flexibility index (Phi) is 3.95. The lowest BCUT2D eigenvalue weighted by molar-refractivity contribution is -0.138. The van der Waals surface area contributed by atoms with Crippen LogP contribution in [0, 0.1) is 0 Å². The van der Waals surface area contributed by atoms with Gasteiger partial charge in [0.05, 0.1) is 0 Å². The fourth-order valence-electron chi connectivity index (χ4n) is 1.73. The normalized spacial score (nSPS) is 11.6. The zero-order chi connectivity index (χ0) is 14.5. The first-order valence-electron chi connectivity index (χ1n) is 5.89. The molecule has 1 amide bonds. The van der Waals surface area contributed by atoms with E-state index in [1.54, 1.807) is 42.5 Å². The number of carbonyl (C=O) groups excluding carboxylic acids is 1. The molecule has 0 aliphatic rings. The van der Waals surface area contributed by atoms with Crippen LogP contribution in [0.25, 0.3) is 0 Å². The number of rotatable bonds is 5. The molecule has 20 heavy (non-hydrogen) atoms. The van der Waals surface area contributed by atoms with Crippen LogP contribution in [-0.2, 0) is 4.79 Å². The molecule has 1 aromatic heterocycles. The number of hydrogen-bond donors (Lipinski definition) is 3. The fraction of sp³-hybridized carbons (Fsp3) is 0.0714. The predicted octanol–water partition coefficient (Wildman–Crippen LogP) is 1.42. The van der Waals surface area contributed by atoms with Crippen molar-refractivity contribution in [1.82, 2.24) is 4.98 Å². The Balaban J connectivity index is 2.27. The lowest BCUT2D eigenvalue weighted by atomic mass is 10.1. The van der Waals surface area contributed by atoms with E-state index in [0.717, 1.165) is 0 Å². The minimum absolute atomic E-state index is 0.0761. The van der Waals surface area contributed by atoms with Crippen LogP contribution in [0.5, 0.6) is 0 Å². The first-order valence-corrected chi connectivity index (χ1v) is 5.89. The topological polar surface area (TPSA) is 105 Å². The lowest BCUT2D eigenvalue weighted by Gasteiger charge is -2.15. The molecular weight excluding hydrogens is 258 g/mol. The Morgan fingerprint density at radius 3 is 2.40 bits per heavy atom. The Labute approximate surface area is 115 Å². The number of carboxylic acids is 1. The quantitative estimate of drug-likeness (QED) is 0.762. The van der Waals surface area contributed by atoms with E-state index < -0.39 is 17.9 Å².